The third-order valence-corrected chi connectivity index (χ3v) is 6.47. The summed E-state index contributed by atoms with van der Waals surface area (Å²) in [5, 5.41) is 6.91. The minimum Gasteiger partial charge on any atom is -0.450 e. The molecule has 8 heteroatoms. The Morgan fingerprint density at radius 1 is 1.31 bits per heavy atom. The molecule has 2 saturated heterocycles. The molecule has 150 valence electrons. The molecule has 2 N–H and O–H groups in total. The molecular formula is C18H34N4O3S. The van der Waals surface area contributed by atoms with Crippen molar-refractivity contribution >= 4 is 23.8 Å². The molecule has 2 aliphatic rings. The van der Waals surface area contributed by atoms with E-state index >= 15 is 0 Å². The van der Waals surface area contributed by atoms with Crippen molar-refractivity contribution in [3.05, 3.63) is 0 Å². The van der Waals surface area contributed by atoms with Gasteiger partial charge in [-0.1, -0.05) is 0 Å². The summed E-state index contributed by atoms with van der Waals surface area (Å²) in [7, 11) is 0. The van der Waals surface area contributed by atoms with Crippen molar-refractivity contribution in [1.82, 2.24) is 15.5 Å². The number of ether oxygens (including phenoxy) is 2. The number of likely N-dealkylation sites (tertiary alicyclic amines) is 1. The van der Waals surface area contributed by atoms with Gasteiger partial charge in [-0.25, -0.2) is 4.79 Å². The van der Waals surface area contributed by atoms with E-state index < -0.39 is 0 Å². The Morgan fingerprint density at radius 3 is 2.58 bits per heavy atom. The first kappa shape index (κ1) is 21.2. The smallest absolute Gasteiger partial charge is 0.409 e. The summed E-state index contributed by atoms with van der Waals surface area (Å²) >= 11 is 1.91. The summed E-state index contributed by atoms with van der Waals surface area (Å²) in [4.78, 5) is 18.5. The van der Waals surface area contributed by atoms with Gasteiger partial charge in [0, 0.05) is 43.6 Å². The SMILES string of the molecule is CCNC(=NCC1(SC)CCOCC1)NC1CCN(C(=O)OCC)CC1. The number of carbonyl (C=O) groups excluding carboxylic acids is 1. The van der Waals surface area contributed by atoms with Gasteiger partial charge in [-0.3, -0.25) is 4.99 Å². The van der Waals surface area contributed by atoms with Gasteiger partial charge in [-0.15, -0.1) is 0 Å². The average Bonchev–Trinajstić information content (AvgIpc) is 2.68. The Hall–Kier alpha value is -1.15. The van der Waals surface area contributed by atoms with Crippen LogP contribution < -0.4 is 10.6 Å². The lowest BCUT2D eigenvalue weighted by Crippen LogP contribution is -2.50. The largest absolute Gasteiger partial charge is 0.450 e. The Morgan fingerprint density at radius 2 is 2.00 bits per heavy atom. The highest BCUT2D eigenvalue weighted by Gasteiger charge is 2.32. The monoisotopic (exact) mass is 386 g/mol. The van der Waals surface area contributed by atoms with Crippen LogP contribution in [0.15, 0.2) is 4.99 Å². The van der Waals surface area contributed by atoms with Gasteiger partial charge in [-0.05, 0) is 45.8 Å². The van der Waals surface area contributed by atoms with Crippen LogP contribution in [0.3, 0.4) is 0 Å². The summed E-state index contributed by atoms with van der Waals surface area (Å²) in [5.74, 6) is 0.877. The van der Waals surface area contributed by atoms with Crippen LogP contribution in [0.2, 0.25) is 0 Å². The summed E-state index contributed by atoms with van der Waals surface area (Å²) in [5.41, 5.74) is 0. The highest BCUT2D eigenvalue weighted by Crippen LogP contribution is 2.34. The molecule has 0 atom stereocenters. The molecule has 0 unspecified atom stereocenters. The average molecular weight is 387 g/mol. The normalized spacial score (nSPS) is 21.3. The lowest BCUT2D eigenvalue weighted by atomic mass is 9.99. The lowest BCUT2D eigenvalue weighted by molar-refractivity contribution is 0.0793. The van der Waals surface area contributed by atoms with Crippen molar-refractivity contribution in [2.24, 2.45) is 4.99 Å². The minimum atomic E-state index is -0.201. The maximum absolute atomic E-state index is 11.8. The molecular weight excluding hydrogens is 352 g/mol. The summed E-state index contributed by atoms with van der Waals surface area (Å²) in [6.45, 7) is 9.08. The molecule has 7 nitrogen and oxygen atoms in total. The second-order valence-corrected chi connectivity index (χ2v) is 8.07. The minimum absolute atomic E-state index is 0.188. The number of hydrogen-bond acceptors (Lipinski definition) is 5. The number of carbonyl (C=O) groups is 1. The Kier molecular flexibility index (Phi) is 8.84. The van der Waals surface area contributed by atoms with E-state index in [-0.39, 0.29) is 10.8 Å². The van der Waals surface area contributed by atoms with Crippen molar-refractivity contribution in [1.29, 1.82) is 0 Å². The van der Waals surface area contributed by atoms with E-state index in [9.17, 15) is 4.79 Å². The molecule has 0 spiro atoms. The molecule has 2 heterocycles. The fourth-order valence-electron chi connectivity index (χ4n) is 3.33. The van der Waals surface area contributed by atoms with Crippen molar-refractivity contribution in [3.8, 4) is 0 Å². The topological polar surface area (TPSA) is 75.2 Å². The summed E-state index contributed by atoms with van der Waals surface area (Å²) in [6, 6.07) is 0.332. The van der Waals surface area contributed by atoms with Gasteiger partial charge < -0.3 is 25.0 Å². The van der Waals surface area contributed by atoms with E-state index in [4.69, 9.17) is 14.5 Å². The maximum Gasteiger partial charge on any atom is 0.409 e. The van der Waals surface area contributed by atoms with E-state index in [1.165, 1.54) is 0 Å². The van der Waals surface area contributed by atoms with Crippen molar-refractivity contribution < 1.29 is 14.3 Å². The van der Waals surface area contributed by atoms with Gasteiger partial charge in [0.15, 0.2) is 5.96 Å². The maximum atomic E-state index is 11.8. The second-order valence-electron chi connectivity index (χ2n) is 6.80. The third kappa shape index (κ3) is 6.23. The first-order chi connectivity index (χ1) is 12.6. The summed E-state index contributed by atoms with van der Waals surface area (Å²) < 4.78 is 10.8. The van der Waals surface area contributed by atoms with E-state index in [0.29, 0.717) is 12.6 Å². The van der Waals surface area contributed by atoms with Gasteiger partial charge in [0.25, 0.3) is 0 Å². The Labute approximate surface area is 161 Å². The van der Waals surface area contributed by atoms with E-state index in [0.717, 1.165) is 71.0 Å². The highest BCUT2D eigenvalue weighted by atomic mass is 32.2. The first-order valence-corrected chi connectivity index (χ1v) is 10.9. The Balaban J connectivity index is 1.86. The lowest BCUT2D eigenvalue weighted by Gasteiger charge is -2.35. The fraction of sp³-hybridized carbons (Fsp3) is 0.889. The first-order valence-electron chi connectivity index (χ1n) is 9.72. The van der Waals surface area contributed by atoms with Gasteiger partial charge >= 0.3 is 6.09 Å². The quantitative estimate of drug-likeness (QED) is 0.538. The zero-order valence-electron chi connectivity index (χ0n) is 16.4. The van der Waals surface area contributed by atoms with Crippen LogP contribution in [-0.4, -0.2) is 80.0 Å². The number of aliphatic imine (C=N–C) groups is 1. The number of thioether (sulfide) groups is 1. The predicted molar refractivity (Wildman–Crippen MR) is 107 cm³/mol. The van der Waals surface area contributed by atoms with Crippen LogP contribution in [0.4, 0.5) is 4.79 Å². The zero-order valence-corrected chi connectivity index (χ0v) is 17.2. The molecule has 0 radical (unpaired) electrons. The highest BCUT2D eigenvalue weighted by molar-refractivity contribution is 8.00. The standard InChI is InChI=1S/C18H34N4O3S/c1-4-19-16(20-14-18(26-3)8-12-24-13-9-18)21-15-6-10-22(11-7-15)17(23)25-5-2/h15H,4-14H2,1-3H3,(H2,19,20,21). The fourth-order valence-corrected chi connectivity index (χ4v) is 4.10. The molecule has 0 aromatic heterocycles. The molecule has 0 saturated carbocycles. The number of rotatable bonds is 6. The molecule has 2 rings (SSSR count). The molecule has 0 bridgehead atoms. The molecule has 2 aliphatic heterocycles. The third-order valence-electron chi connectivity index (χ3n) is 5.07. The zero-order chi connectivity index (χ0) is 18.8. The molecule has 1 amide bonds. The molecule has 0 aliphatic carbocycles. The number of hydrogen-bond donors (Lipinski definition) is 2. The van der Waals surface area contributed by atoms with Gasteiger partial charge in [0.1, 0.15) is 0 Å². The van der Waals surface area contributed by atoms with E-state index in [2.05, 4.69) is 23.8 Å². The molecule has 2 fully saturated rings. The van der Waals surface area contributed by atoms with Crippen molar-refractivity contribution in [3.63, 3.8) is 0 Å². The number of piperidine rings is 1. The second kappa shape index (κ2) is 10.9. The number of guanidine groups is 1. The predicted octanol–water partition coefficient (Wildman–Crippen LogP) is 2.07. The summed E-state index contributed by atoms with van der Waals surface area (Å²) in [6.07, 6.45) is 5.89. The van der Waals surface area contributed by atoms with Crippen LogP contribution in [-0.2, 0) is 9.47 Å². The molecule has 0 aromatic rings. The van der Waals surface area contributed by atoms with Crippen LogP contribution in [0.1, 0.15) is 39.5 Å². The van der Waals surface area contributed by atoms with E-state index in [1.54, 1.807) is 4.90 Å². The van der Waals surface area contributed by atoms with Crippen molar-refractivity contribution in [2.75, 3.05) is 52.3 Å². The van der Waals surface area contributed by atoms with Gasteiger partial charge in [0.2, 0.25) is 0 Å². The Bertz CT molecular complexity index is 461. The molecule has 26 heavy (non-hydrogen) atoms. The van der Waals surface area contributed by atoms with E-state index in [1.807, 2.05) is 18.7 Å². The van der Waals surface area contributed by atoms with Gasteiger partial charge in [0.05, 0.1) is 13.2 Å². The molecule has 0 aromatic carbocycles. The van der Waals surface area contributed by atoms with Crippen molar-refractivity contribution in [2.45, 2.75) is 50.3 Å². The van der Waals surface area contributed by atoms with Gasteiger partial charge in [-0.2, -0.15) is 11.8 Å². The number of amides is 1. The van der Waals surface area contributed by atoms with Crippen LogP contribution in [0, 0.1) is 0 Å². The van der Waals surface area contributed by atoms with Crippen LogP contribution in [0.5, 0.6) is 0 Å². The van der Waals surface area contributed by atoms with Crippen LogP contribution in [0.25, 0.3) is 0 Å². The van der Waals surface area contributed by atoms with Crippen LogP contribution >= 0.6 is 11.8 Å². The number of nitrogens with one attached hydrogen (secondary N) is 2. The number of nitrogens with zero attached hydrogens (tertiary/aromatic N) is 2.